The molecule has 3 rings (SSSR count). The molecule has 0 aromatic carbocycles. The van der Waals surface area contributed by atoms with Gasteiger partial charge in [0.05, 0.1) is 11.2 Å². The number of rotatable bonds is 3. The Hall–Kier alpha value is -1.95. The molecule has 3 heterocycles. The van der Waals surface area contributed by atoms with Crippen molar-refractivity contribution in [1.29, 1.82) is 0 Å². The molecule has 1 saturated heterocycles. The van der Waals surface area contributed by atoms with E-state index in [1.807, 2.05) is 37.0 Å². The number of carbonyl (C=O) groups excluding carboxylic acids is 1. The number of aromatic nitrogens is 2. The predicted molar refractivity (Wildman–Crippen MR) is 93.3 cm³/mol. The van der Waals surface area contributed by atoms with Crippen molar-refractivity contribution in [3.05, 3.63) is 40.0 Å². The minimum Gasteiger partial charge on any atom is -0.363 e. The molecule has 1 fully saturated rings. The molecule has 2 aromatic heterocycles. The second-order valence-corrected chi connectivity index (χ2v) is 7.05. The van der Waals surface area contributed by atoms with Crippen LogP contribution in [0.15, 0.2) is 23.8 Å². The number of amides is 1. The Labute approximate surface area is 141 Å². The molecule has 0 saturated carbocycles. The number of anilines is 1. The lowest BCUT2D eigenvalue weighted by Crippen LogP contribution is -2.39. The molecule has 0 spiro atoms. The van der Waals surface area contributed by atoms with Gasteiger partial charge < -0.3 is 9.80 Å². The maximum atomic E-state index is 12.7. The zero-order valence-electron chi connectivity index (χ0n) is 13.8. The summed E-state index contributed by atoms with van der Waals surface area (Å²) in [6, 6.07) is 4.21. The van der Waals surface area contributed by atoms with Gasteiger partial charge in [0.15, 0.2) is 0 Å². The second kappa shape index (κ2) is 6.66. The van der Waals surface area contributed by atoms with Crippen LogP contribution in [0.3, 0.4) is 0 Å². The van der Waals surface area contributed by atoms with Crippen molar-refractivity contribution >= 4 is 23.1 Å². The summed E-state index contributed by atoms with van der Waals surface area (Å²) < 4.78 is 0. The van der Waals surface area contributed by atoms with Gasteiger partial charge in [-0.2, -0.15) is 0 Å². The molecular formula is C17H22N4OS. The van der Waals surface area contributed by atoms with Crippen LogP contribution in [0.25, 0.3) is 0 Å². The molecule has 0 bridgehead atoms. The van der Waals surface area contributed by atoms with E-state index in [1.165, 1.54) is 16.9 Å². The quantitative estimate of drug-likeness (QED) is 0.868. The van der Waals surface area contributed by atoms with Gasteiger partial charge in [0.2, 0.25) is 0 Å². The molecule has 2 aromatic rings. The van der Waals surface area contributed by atoms with Gasteiger partial charge in [-0.3, -0.25) is 4.79 Å². The Morgan fingerprint density at radius 1 is 1.39 bits per heavy atom. The average Bonchev–Trinajstić information content (AvgIpc) is 3.00. The molecule has 1 aliphatic rings. The zero-order chi connectivity index (χ0) is 16.4. The highest BCUT2D eigenvalue weighted by Crippen LogP contribution is 2.29. The summed E-state index contributed by atoms with van der Waals surface area (Å²) in [5, 5.41) is 0. The minimum atomic E-state index is 0.122. The number of piperidine rings is 1. The summed E-state index contributed by atoms with van der Waals surface area (Å²) >= 11 is 1.44. The predicted octanol–water partition coefficient (Wildman–Crippen LogP) is 2.93. The molecule has 0 radical (unpaired) electrons. The van der Waals surface area contributed by atoms with E-state index in [0.717, 1.165) is 42.3 Å². The van der Waals surface area contributed by atoms with Crippen LogP contribution in [0.1, 0.15) is 39.7 Å². The third-order valence-electron chi connectivity index (χ3n) is 4.35. The Morgan fingerprint density at radius 3 is 2.91 bits per heavy atom. The number of hydrogen-bond donors (Lipinski definition) is 0. The van der Waals surface area contributed by atoms with Crippen molar-refractivity contribution < 1.29 is 4.79 Å². The van der Waals surface area contributed by atoms with E-state index in [0.29, 0.717) is 5.92 Å². The van der Waals surface area contributed by atoms with Gasteiger partial charge in [-0.15, -0.1) is 11.3 Å². The van der Waals surface area contributed by atoms with Gasteiger partial charge in [0, 0.05) is 39.3 Å². The fraction of sp³-hybridized carbons (Fsp3) is 0.471. The number of thiazole rings is 1. The van der Waals surface area contributed by atoms with Crippen molar-refractivity contribution in [2.45, 2.75) is 25.7 Å². The smallest absolute Gasteiger partial charge is 0.265 e. The molecule has 1 atom stereocenters. The maximum absolute atomic E-state index is 12.7. The van der Waals surface area contributed by atoms with Gasteiger partial charge in [-0.05, 0) is 37.5 Å². The highest BCUT2D eigenvalue weighted by atomic mass is 32.1. The van der Waals surface area contributed by atoms with Crippen LogP contribution in [-0.4, -0.2) is 48.0 Å². The van der Waals surface area contributed by atoms with Crippen molar-refractivity contribution in [1.82, 2.24) is 14.9 Å². The van der Waals surface area contributed by atoms with Gasteiger partial charge in [-0.1, -0.05) is 0 Å². The molecule has 122 valence electrons. The third kappa shape index (κ3) is 3.37. The van der Waals surface area contributed by atoms with Crippen LogP contribution in [0.5, 0.6) is 0 Å². The largest absolute Gasteiger partial charge is 0.363 e. The lowest BCUT2D eigenvalue weighted by atomic mass is 9.91. The SMILES string of the molecule is Cc1ncsc1C(=O)N1CCC[C@@H](c2ccnc(N(C)C)c2)C1. The van der Waals surface area contributed by atoms with Crippen LogP contribution < -0.4 is 4.90 Å². The molecule has 5 nitrogen and oxygen atoms in total. The van der Waals surface area contributed by atoms with E-state index in [-0.39, 0.29) is 5.91 Å². The van der Waals surface area contributed by atoms with Crippen LogP contribution in [-0.2, 0) is 0 Å². The first kappa shape index (κ1) is 15.9. The van der Waals surface area contributed by atoms with Crippen molar-refractivity contribution in [2.24, 2.45) is 0 Å². The van der Waals surface area contributed by atoms with E-state index in [9.17, 15) is 4.79 Å². The average molecular weight is 330 g/mol. The number of aryl methyl sites for hydroxylation is 1. The highest BCUT2D eigenvalue weighted by Gasteiger charge is 2.27. The topological polar surface area (TPSA) is 49.3 Å². The van der Waals surface area contributed by atoms with Gasteiger partial charge in [-0.25, -0.2) is 9.97 Å². The molecule has 0 N–H and O–H groups in total. The van der Waals surface area contributed by atoms with Gasteiger partial charge in [0.25, 0.3) is 5.91 Å². The maximum Gasteiger partial charge on any atom is 0.265 e. The third-order valence-corrected chi connectivity index (χ3v) is 5.26. The zero-order valence-corrected chi connectivity index (χ0v) is 14.6. The molecule has 1 aliphatic heterocycles. The summed E-state index contributed by atoms with van der Waals surface area (Å²) in [5.41, 5.74) is 3.85. The van der Waals surface area contributed by atoms with Crippen LogP contribution in [0, 0.1) is 6.92 Å². The monoisotopic (exact) mass is 330 g/mol. The molecule has 0 aliphatic carbocycles. The van der Waals surface area contributed by atoms with Crippen molar-refractivity contribution in [2.75, 3.05) is 32.1 Å². The van der Waals surface area contributed by atoms with Crippen LogP contribution >= 0.6 is 11.3 Å². The fourth-order valence-corrected chi connectivity index (χ4v) is 3.79. The molecule has 23 heavy (non-hydrogen) atoms. The second-order valence-electron chi connectivity index (χ2n) is 6.20. The molecule has 1 amide bonds. The summed E-state index contributed by atoms with van der Waals surface area (Å²) in [7, 11) is 3.99. The lowest BCUT2D eigenvalue weighted by Gasteiger charge is -2.33. The first-order valence-electron chi connectivity index (χ1n) is 7.89. The van der Waals surface area contributed by atoms with E-state index < -0.39 is 0 Å². The van der Waals surface area contributed by atoms with E-state index in [4.69, 9.17) is 0 Å². The van der Waals surface area contributed by atoms with Crippen molar-refractivity contribution in [3.63, 3.8) is 0 Å². The first-order chi connectivity index (χ1) is 11.1. The van der Waals surface area contributed by atoms with E-state index >= 15 is 0 Å². The summed E-state index contributed by atoms with van der Waals surface area (Å²) in [4.78, 5) is 26.0. The van der Waals surface area contributed by atoms with E-state index in [1.54, 1.807) is 5.51 Å². The Balaban J connectivity index is 1.77. The Kier molecular flexibility index (Phi) is 4.61. The normalized spacial score (nSPS) is 18.0. The number of pyridine rings is 1. The Bertz CT molecular complexity index is 697. The molecule has 0 unspecified atom stereocenters. The lowest BCUT2D eigenvalue weighted by molar-refractivity contribution is 0.0711. The first-order valence-corrected chi connectivity index (χ1v) is 8.77. The Morgan fingerprint density at radius 2 is 2.22 bits per heavy atom. The number of hydrogen-bond acceptors (Lipinski definition) is 5. The molecular weight excluding hydrogens is 308 g/mol. The van der Waals surface area contributed by atoms with Gasteiger partial charge in [0.1, 0.15) is 10.7 Å². The number of carbonyl (C=O) groups is 1. The van der Waals surface area contributed by atoms with Gasteiger partial charge >= 0.3 is 0 Å². The molecule has 6 heteroatoms. The summed E-state index contributed by atoms with van der Waals surface area (Å²) in [6.07, 6.45) is 4.01. The minimum absolute atomic E-state index is 0.122. The standard InChI is InChI=1S/C17H22N4OS/c1-12-16(23-11-19-12)17(22)21-8-4-5-14(10-21)13-6-7-18-15(9-13)20(2)3/h6-7,9,11,14H,4-5,8,10H2,1-3H3/t14-/m1/s1. The fourth-order valence-electron chi connectivity index (χ4n) is 3.02. The summed E-state index contributed by atoms with van der Waals surface area (Å²) in [6.45, 7) is 3.50. The van der Waals surface area contributed by atoms with Crippen molar-refractivity contribution in [3.8, 4) is 0 Å². The van der Waals surface area contributed by atoms with Crippen LogP contribution in [0.4, 0.5) is 5.82 Å². The number of likely N-dealkylation sites (tertiary alicyclic amines) is 1. The van der Waals surface area contributed by atoms with E-state index in [2.05, 4.69) is 22.1 Å². The van der Waals surface area contributed by atoms with Crippen LogP contribution in [0.2, 0.25) is 0 Å². The summed E-state index contributed by atoms with van der Waals surface area (Å²) in [5.74, 6) is 1.46. The highest BCUT2D eigenvalue weighted by molar-refractivity contribution is 7.11. The number of nitrogens with zero attached hydrogens (tertiary/aromatic N) is 4.